The molecule has 0 unspecified atom stereocenters. The lowest BCUT2D eigenvalue weighted by molar-refractivity contribution is -0.136. The predicted octanol–water partition coefficient (Wildman–Crippen LogP) is 0.598. The highest BCUT2D eigenvalue weighted by atomic mass is 35.5. The highest BCUT2D eigenvalue weighted by molar-refractivity contribution is 6.34. The molecule has 1 aliphatic heterocycles. The Labute approximate surface area is 160 Å². The van der Waals surface area contributed by atoms with Crippen molar-refractivity contribution < 1.29 is 29.0 Å². The van der Waals surface area contributed by atoms with Gasteiger partial charge in [0, 0.05) is 19.3 Å². The fourth-order valence-corrected chi connectivity index (χ4v) is 2.73. The van der Waals surface area contributed by atoms with Gasteiger partial charge in [0.25, 0.3) is 5.91 Å². The molecule has 9 nitrogen and oxygen atoms in total. The number of aliphatic hydroxyl groups excluding tert-OH is 1. The van der Waals surface area contributed by atoms with Crippen LogP contribution in [0, 0.1) is 0 Å². The first kappa shape index (κ1) is 20.7. The van der Waals surface area contributed by atoms with E-state index in [0.29, 0.717) is 11.4 Å². The maximum Gasteiger partial charge on any atom is 0.337 e. The molecule has 0 aliphatic carbocycles. The number of ether oxygens (including phenoxy) is 2. The van der Waals surface area contributed by atoms with Crippen molar-refractivity contribution in [1.82, 2.24) is 4.90 Å². The second kappa shape index (κ2) is 9.36. The number of carbonyl (C=O) groups excluding carboxylic acids is 3. The third-order valence-electron chi connectivity index (χ3n) is 3.74. The van der Waals surface area contributed by atoms with Crippen LogP contribution in [0.15, 0.2) is 29.5 Å². The molecule has 0 saturated carbocycles. The van der Waals surface area contributed by atoms with Crippen molar-refractivity contribution >= 4 is 40.8 Å². The topological polar surface area (TPSA) is 117 Å². The van der Waals surface area contributed by atoms with E-state index >= 15 is 0 Å². The Morgan fingerprint density at radius 1 is 1.33 bits per heavy atom. The number of nitrogens with one attached hydrogen (secondary N) is 2. The molecule has 27 heavy (non-hydrogen) atoms. The molecular weight excluding hydrogens is 378 g/mol. The molecular formula is C17H20ClN3O6. The molecule has 2 amide bonds. The number of hydrogen-bond donors (Lipinski definition) is 3. The fourth-order valence-electron chi connectivity index (χ4n) is 2.50. The molecule has 0 fully saturated rings. The number of carbonyl (C=O) groups is 3. The van der Waals surface area contributed by atoms with Gasteiger partial charge in [0.2, 0.25) is 5.91 Å². The molecule has 146 valence electrons. The summed E-state index contributed by atoms with van der Waals surface area (Å²) in [6.45, 7) is -0.209. The van der Waals surface area contributed by atoms with Crippen LogP contribution >= 0.6 is 11.6 Å². The van der Waals surface area contributed by atoms with Crippen LogP contribution in [-0.4, -0.2) is 68.3 Å². The molecule has 0 bridgehead atoms. The maximum atomic E-state index is 12.5. The summed E-state index contributed by atoms with van der Waals surface area (Å²) in [5.41, 5.74) is 1.04. The summed E-state index contributed by atoms with van der Waals surface area (Å²) in [6.07, 6.45) is 0. The summed E-state index contributed by atoms with van der Waals surface area (Å²) in [5.74, 6) is -1.43. The average Bonchev–Trinajstić information content (AvgIpc) is 2.93. The summed E-state index contributed by atoms with van der Waals surface area (Å²) in [6, 6.07) is 4.66. The van der Waals surface area contributed by atoms with E-state index < -0.39 is 11.9 Å². The van der Waals surface area contributed by atoms with E-state index in [2.05, 4.69) is 10.6 Å². The highest BCUT2D eigenvalue weighted by Crippen LogP contribution is 2.28. The Morgan fingerprint density at radius 2 is 2.07 bits per heavy atom. The number of halogens is 1. The third-order valence-corrected chi connectivity index (χ3v) is 4.05. The number of benzene rings is 1. The number of esters is 1. The van der Waals surface area contributed by atoms with E-state index in [1.165, 1.54) is 25.2 Å². The molecule has 0 atom stereocenters. The lowest BCUT2D eigenvalue weighted by Gasteiger charge is -2.15. The van der Waals surface area contributed by atoms with Crippen molar-refractivity contribution in [3.05, 3.63) is 34.5 Å². The molecule has 0 saturated heterocycles. The van der Waals surface area contributed by atoms with Gasteiger partial charge in [0.1, 0.15) is 12.3 Å². The van der Waals surface area contributed by atoms with Gasteiger partial charge in [-0.15, -0.1) is 0 Å². The minimum Gasteiger partial charge on any atom is -0.466 e. The van der Waals surface area contributed by atoms with Crippen LogP contribution < -0.4 is 10.6 Å². The molecule has 0 aromatic heterocycles. The highest BCUT2D eigenvalue weighted by Gasteiger charge is 2.34. The molecule has 1 aromatic carbocycles. The van der Waals surface area contributed by atoms with Crippen molar-refractivity contribution in [2.45, 2.75) is 0 Å². The maximum absolute atomic E-state index is 12.5. The van der Waals surface area contributed by atoms with Gasteiger partial charge in [-0.3, -0.25) is 9.59 Å². The normalized spacial score (nSPS) is 13.8. The molecule has 1 heterocycles. The first-order chi connectivity index (χ1) is 12.9. The molecule has 10 heteroatoms. The monoisotopic (exact) mass is 397 g/mol. The van der Waals surface area contributed by atoms with Gasteiger partial charge in [-0.05, 0) is 18.2 Å². The van der Waals surface area contributed by atoms with Crippen LogP contribution in [0.2, 0.25) is 5.02 Å². The zero-order valence-electron chi connectivity index (χ0n) is 14.9. The van der Waals surface area contributed by atoms with Crippen LogP contribution in [0.25, 0.3) is 0 Å². The molecule has 3 N–H and O–H groups in total. The van der Waals surface area contributed by atoms with E-state index in [1.807, 2.05) is 0 Å². The number of rotatable bonds is 8. The first-order valence-corrected chi connectivity index (χ1v) is 8.36. The predicted molar refractivity (Wildman–Crippen MR) is 98.3 cm³/mol. The number of β-amino-alcohol motifs (C(OH)–C–C–N with tert-alkyl or cyclic N) is 1. The second-order valence-corrected chi connectivity index (χ2v) is 6.00. The largest absolute Gasteiger partial charge is 0.466 e. The summed E-state index contributed by atoms with van der Waals surface area (Å²) in [4.78, 5) is 37.4. The number of aliphatic hydroxyl groups is 1. The Bertz CT molecular complexity index is 780. The van der Waals surface area contributed by atoms with E-state index in [0.717, 1.165) is 0 Å². The van der Waals surface area contributed by atoms with Crippen molar-refractivity contribution in [3.8, 4) is 0 Å². The number of anilines is 2. The standard InChI is InChI=1S/C17H20ClN3O6/c1-26-9-14(23)20-13-4-3-10(7-12(13)18)19-15-11(17(25)27-2)8-21(5-6-22)16(15)24/h3-4,7,19,22H,5-6,8-9H2,1-2H3,(H,20,23). The lowest BCUT2D eigenvalue weighted by atomic mass is 10.2. The first-order valence-electron chi connectivity index (χ1n) is 7.98. The van der Waals surface area contributed by atoms with Crippen LogP contribution in [0.4, 0.5) is 11.4 Å². The van der Waals surface area contributed by atoms with Gasteiger partial charge in [0.15, 0.2) is 0 Å². The Morgan fingerprint density at radius 3 is 2.67 bits per heavy atom. The molecule has 1 aromatic rings. The van der Waals surface area contributed by atoms with Crippen LogP contribution in [0.3, 0.4) is 0 Å². The zero-order chi connectivity index (χ0) is 20.0. The van der Waals surface area contributed by atoms with E-state index in [4.69, 9.17) is 26.2 Å². The van der Waals surface area contributed by atoms with Gasteiger partial charge >= 0.3 is 5.97 Å². The van der Waals surface area contributed by atoms with Gasteiger partial charge in [-0.2, -0.15) is 0 Å². The van der Waals surface area contributed by atoms with E-state index in [-0.39, 0.29) is 48.5 Å². The molecule has 1 aliphatic rings. The van der Waals surface area contributed by atoms with Gasteiger partial charge in [-0.1, -0.05) is 11.6 Å². The number of amides is 2. The van der Waals surface area contributed by atoms with Crippen LogP contribution in [0.1, 0.15) is 0 Å². The smallest absolute Gasteiger partial charge is 0.337 e. The molecule has 0 radical (unpaired) electrons. The van der Waals surface area contributed by atoms with E-state index in [9.17, 15) is 14.4 Å². The Balaban J connectivity index is 2.22. The lowest BCUT2D eigenvalue weighted by Crippen LogP contribution is -2.31. The SMILES string of the molecule is COCC(=O)Nc1ccc(NC2=C(C(=O)OC)CN(CCO)C2=O)cc1Cl. The quantitative estimate of drug-likeness (QED) is 0.550. The van der Waals surface area contributed by atoms with Crippen LogP contribution in [0.5, 0.6) is 0 Å². The van der Waals surface area contributed by atoms with Crippen LogP contribution in [-0.2, 0) is 23.9 Å². The Kier molecular flexibility index (Phi) is 7.17. The minimum atomic E-state index is -0.638. The summed E-state index contributed by atoms with van der Waals surface area (Å²) in [5, 5.41) is 14.8. The van der Waals surface area contributed by atoms with Crippen molar-refractivity contribution in [1.29, 1.82) is 0 Å². The summed E-state index contributed by atoms with van der Waals surface area (Å²) >= 11 is 6.17. The van der Waals surface area contributed by atoms with Crippen molar-refractivity contribution in [3.63, 3.8) is 0 Å². The van der Waals surface area contributed by atoms with Gasteiger partial charge < -0.3 is 30.1 Å². The number of hydrogen-bond acceptors (Lipinski definition) is 7. The van der Waals surface area contributed by atoms with Crippen molar-refractivity contribution in [2.24, 2.45) is 0 Å². The second-order valence-electron chi connectivity index (χ2n) is 5.60. The summed E-state index contributed by atoms with van der Waals surface area (Å²) < 4.78 is 9.46. The van der Waals surface area contributed by atoms with Gasteiger partial charge in [-0.25, -0.2) is 4.79 Å². The average molecular weight is 398 g/mol. The Hall–Kier alpha value is -2.62. The molecule has 2 rings (SSSR count). The third kappa shape index (κ3) is 4.97. The molecule has 0 spiro atoms. The zero-order valence-corrected chi connectivity index (χ0v) is 15.6. The fraction of sp³-hybridized carbons (Fsp3) is 0.353. The minimum absolute atomic E-state index is 0.0350. The number of methoxy groups -OCH3 is 2. The van der Waals surface area contributed by atoms with Gasteiger partial charge in [0.05, 0.1) is 36.5 Å². The summed E-state index contributed by atoms with van der Waals surface area (Å²) in [7, 11) is 2.63. The van der Waals surface area contributed by atoms with Crippen molar-refractivity contribution in [2.75, 3.05) is 51.2 Å². The van der Waals surface area contributed by atoms with E-state index in [1.54, 1.807) is 12.1 Å². The number of nitrogens with zero attached hydrogens (tertiary/aromatic N) is 1.